The normalized spacial score (nSPS) is 21.3. The molecule has 0 radical (unpaired) electrons. The smallest absolute Gasteiger partial charge is 0.292 e. The van der Waals surface area contributed by atoms with Gasteiger partial charge in [-0.2, -0.15) is 10.2 Å². The standard InChI is InChI=1S/C21H22N4O2/c26-20-15-19(24-13-5-2-6-14-24)21(27)25(20)18-11-9-17(10-12-18)23-22-16-7-3-1-4-8-16/h1,3-4,7-12,19H,2,5-6,13-15H2/p+1/t19-/m0/s1. The van der Waals surface area contributed by atoms with Crippen molar-refractivity contribution in [2.24, 2.45) is 10.2 Å². The lowest BCUT2D eigenvalue weighted by Gasteiger charge is -2.27. The summed E-state index contributed by atoms with van der Waals surface area (Å²) in [6.07, 6.45) is 3.80. The fourth-order valence-electron chi connectivity index (χ4n) is 3.86. The Balaban J connectivity index is 1.47. The number of quaternary nitrogens is 1. The van der Waals surface area contributed by atoms with Gasteiger partial charge in [0.2, 0.25) is 5.91 Å². The molecule has 0 spiro atoms. The van der Waals surface area contributed by atoms with Crippen molar-refractivity contribution in [3.05, 3.63) is 54.6 Å². The monoisotopic (exact) mass is 363 g/mol. The van der Waals surface area contributed by atoms with E-state index in [4.69, 9.17) is 0 Å². The fourth-order valence-corrected chi connectivity index (χ4v) is 3.86. The van der Waals surface area contributed by atoms with Crippen LogP contribution in [0.25, 0.3) is 0 Å². The summed E-state index contributed by atoms with van der Waals surface area (Å²) < 4.78 is 0. The number of anilines is 1. The molecule has 6 heteroatoms. The van der Waals surface area contributed by atoms with Crippen molar-refractivity contribution in [1.82, 2.24) is 0 Å². The van der Waals surface area contributed by atoms with Crippen molar-refractivity contribution in [3.8, 4) is 0 Å². The molecule has 27 heavy (non-hydrogen) atoms. The van der Waals surface area contributed by atoms with Gasteiger partial charge in [-0.05, 0) is 55.7 Å². The molecule has 1 N–H and O–H groups in total. The molecule has 138 valence electrons. The number of benzene rings is 2. The topological polar surface area (TPSA) is 66.5 Å². The number of hydrogen-bond donors (Lipinski definition) is 1. The number of azo groups is 1. The van der Waals surface area contributed by atoms with Gasteiger partial charge < -0.3 is 4.90 Å². The molecule has 2 heterocycles. The first kappa shape index (κ1) is 17.5. The van der Waals surface area contributed by atoms with Crippen molar-refractivity contribution >= 4 is 28.9 Å². The predicted molar refractivity (Wildman–Crippen MR) is 103 cm³/mol. The molecule has 0 bridgehead atoms. The van der Waals surface area contributed by atoms with Crippen molar-refractivity contribution in [3.63, 3.8) is 0 Å². The molecule has 0 aromatic heterocycles. The Morgan fingerprint density at radius 2 is 1.44 bits per heavy atom. The van der Waals surface area contributed by atoms with Crippen molar-refractivity contribution in [2.75, 3.05) is 18.0 Å². The number of likely N-dealkylation sites (tertiary alicyclic amines) is 1. The van der Waals surface area contributed by atoms with E-state index in [1.807, 2.05) is 30.3 Å². The number of piperidine rings is 1. The highest BCUT2D eigenvalue weighted by molar-refractivity contribution is 6.21. The Morgan fingerprint density at radius 1 is 0.815 bits per heavy atom. The van der Waals surface area contributed by atoms with Crippen LogP contribution in [0.4, 0.5) is 17.1 Å². The van der Waals surface area contributed by atoms with E-state index >= 15 is 0 Å². The average molecular weight is 363 g/mol. The third-order valence-electron chi connectivity index (χ3n) is 5.28. The second kappa shape index (κ2) is 7.80. The summed E-state index contributed by atoms with van der Waals surface area (Å²) in [5.74, 6) is -0.183. The van der Waals surface area contributed by atoms with Gasteiger partial charge in [-0.3, -0.25) is 9.59 Å². The molecule has 2 aliphatic rings. The molecule has 0 aliphatic carbocycles. The van der Waals surface area contributed by atoms with Crippen molar-refractivity contribution in [1.29, 1.82) is 0 Å². The third-order valence-corrected chi connectivity index (χ3v) is 5.28. The average Bonchev–Trinajstić information content (AvgIpc) is 3.02. The maximum Gasteiger partial charge on any atom is 0.292 e. The summed E-state index contributed by atoms with van der Waals surface area (Å²) in [6.45, 7) is 1.96. The molecule has 2 fully saturated rings. The predicted octanol–water partition coefficient (Wildman–Crippen LogP) is 2.80. The summed E-state index contributed by atoms with van der Waals surface area (Å²) in [4.78, 5) is 27.9. The van der Waals surface area contributed by atoms with Gasteiger partial charge in [0, 0.05) is 0 Å². The van der Waals surface area contributed by atoms with Crippen LogP contribution in [-0.4, -0.2) is 30.9 Å². The fraction of sp³-hybridized carbons (Fsp3) is 0.333. The second-order valence-corrected chi connectivity index (χ2v) is 7.09. The molecular weight excluding hydrogens is 340 g/mol. The van der Waals surface area contributed by atoms with E-state index in [1.54, 1.807) is 24.3 Å². The maximum absolute atomic E-state index is 12.9. The Morgan fingerprint density at radius 3 is 2.11 bits per heavy atom. The molecule has 2 aromatic rings. The van der Waals surface area contributed by atoms with Gasteiger partial charge in [0.25, 0.3) is 5.91 Å². The van der Waals surface area contributed by atoms with Gasteiger partial charge in [0.05, 0.1) is 36.6 Å². The summed E-state index contributed by atoms with van der Waals surface area (Å²) >= 11 is 0. The first-order valence-corrected chi connectivity index (χ1v) is 9.50. The van der Waals surface area contributed by atoms with E-state index in [1.165, 1.54) is 16.2 Å². The molecule has 2 amide bonds. The number of carbonyl (C=O) groups excluding carboxylic acids is 2. The van der Waals surface area contributed by atoms with Gasteiger partial charge in [-0.1, -0.05) is 18.2 Å². The van der Waals surface area contributed by atoms with Crippen molar-refractivity contribution < 1.29 is 14.5 Å². The lowest BCUT2D eigenvalue weighted by atomic mass is 10.1. The number of amides is 2. The summed E-state index contributed by atoms with van der Waals surface area (Å²) in [7, 11) is 0. The van der Waals surface area contributed by atoms with E-state index in [-0.39, 0.29) is 17.9 Å². The van der Waals surface area contributed by atoms with Gasteiger partial charge in [-0.25, -0.2) is 4.90 Å². The van der Waals surface area contributed by atoms with Crippen LogP contribution in [0.3, 0.4) is 0 Å². The molecule has 6 nitrogen and oxygen atoms in total. The Hall–Kier alpha value is -2.86. The van der Waals surface area contributed by atoms with Crippen LogP contribution in [0, 0.1) is 0 Å². The zero-order valence-corrected chi connectivity index (χ0v) is 15.2. The molecule has 1 atom stereocenters. The zero-order valence-electron chi connectivity index (χ0n) is 15.2. The minimum absolute atomic E-state index is 0.0736. The van der Waals surface area contributed by atoms with E-state index in [2.05, 4.69) is 10.2 Å². The van der Waals surface area contributed by atoms with E-state index < -0.39 is 0 Å². The molecule has 0 saturated carbocycles. The summed E-state index contributed by atoms with van der Waals surface area (Å²) in [6, 6.07) is 16.4. The minimum Gasteiger partial charge on any atom is -0.324 e. The van der Waals surface area contributed by atoms with E-state index in [9.17, 15) is 9.59 Å². The Bertz CT molecular complexity index is 842. The lowest BCUT2D eigenvalue weighted by molar-refractivity contribution is -0.919. The molecule has 2 aromatic carbocycles. The molecule has 0 unspecified atom stereocenters. The summed E-state index contributed by atoms with van der Waals surface area (Å²) in [5, 5.41) is 8.38. The maximum atomic E-state index is 12.9. The van der Waals surface area contributed by atoms with Gasteiger partial charge in [0.15, 0.2) is 6.04 Å². The molecule has 4 rings (SSSR count). The van der Waals surface area contributed by atoms with Gasteiger partial charge in [-0.15, -0.1) is 0 Å². The first-order chi connectivity index (χ1) is 13.2. The van der Waals surface area contributed by atoms with Crippen LogP contribution in [0.2, 0.25) is 0 Å². The van der Waals surface area contributed by atoms with Gasteiger partial charge >= 0.3 is 0 Å². The van der Waals surface area contributed by atoms with Crippen molar-refractivity contribution in [2.45, 2.75) is 31.7 Å². The zero-order chi connectivity index (χ0) is 18.6. The van der Waals surface area contributed by atoms with Gasteiger partial charge in [0.1, 0.15) is 0 Å². The first-order valence-electron chi connectivity index (χ1n) is 9.50. The number of nitrogens with zero attached hydrogens (tertiary/aromatic N) is 3. The summed E-state index contributed by atoms with van der Waals surface area (Å²) in [5.41, 5.74) is 2.07. The molecular formula is C21H23N4O2+. The number of nitrogens with one attached hydrogen (secondary N) is 1. The Labute approximate surface area is 158 Å². The van der Waals surface area contributed by atoms with Crippen LogP contribution in [-0.2, 0) is 9.59 Å². The van der Waals surface area contributed by atoms with E-state index in [0.29, 0.717) is 17.8 Å². The number of hydrogen-bond acceptors (Lipinski definition) is 4. The second-order valence-electron chi connectivity index (χ2n) is 7.09. The van der Waals surface area contributed by atoms with Crippen LogP contribution < -0.4 is 9.80 Å². The third kappa shape index (κ3) is 3.80. The van der Waals surface area contributed by atoms with Crippen LogP contribution in [0.1, 0.15) is 25.7 Å². The number of imide groups is 1. The SMILES string of the molecule is O=C1C[C@H]([NH+]2CCCCC2)C(=O)N1c1ccc(N=Nc2ccccc2)cc1. The lowest BCUT2D eigenvalue weighted by Crippen LogP contribution is -3.17. The molecule has 2 saturated heterocycles. The van der Waals surface area contributed by atoms with Crippen LogP contribution in [0.15, 0.2) is 64.8 Å². The highest BCUT2D eigenvalue weighted by Crippen LogP contribution is 2.26. The highest BCUT2D eigenvalue weighted by Gasteiger charge is 2.45. The Kier molecular flexibility index (Phi) is 5.07. The quantitative estimate of drug-likeness (QED) is 0.670. The number of carbonyl (C=O) groups is 2. The largest absolute Gasteiger partial charge is 0.324 e. The highest BCUT2D eigenvalue weighted by atomic mass is 16.2. The number of rotatable bonds is 4. The minimum atomic E-state index is -0.227. The molecule has 2 aliphatic heterocycles. The van der Waals surface area contributed by atoms with Crippen LogP contribution in [0.5, 0.6) is 0 Å². The van der Waals surface area contributed by atoms with E-state index in [0.717, 1.165) is 31.6 Å². The van der Waals surface area contributed by atoms with Crippen LogP contribution >= 0.6 is 0 Å².